The molecule has 0 aliphatic heterocycles. The molecular weight excluding hydrogens is 322 g/mol. The van der Waals surface area contributed by atoms with Gasteiger partial charge in [-0.15, -0.1) is 0 Å². The van der Waals surface area contributed by atoms with Gasteiger partial charge in [0, 0.05) is 25.3 Å². The summed E-state index contributed by atoms with van der Waals surface area (Å²) in [4.78, 5) is 35.0. The van der Waals surface area contributed by atoms with Crippen molar-refractivity contribution in [3.63, 3.8) is 0 Å². The summed E-state index contributed by atoms with van der Waals surface area (Å²) in [6, 6.07) is -0.733. The van der Waals surface area contributed by atoms with E-state index in [0.717, 1.165) is 0 Å². The third-order valence-electron chi connectivity index (χ3n) is 3.04. The van der Waals surface area contributed by atoms with E-state index in [2.05, 4.69) is 5.32 Å². The van der Waals surface area contributed by atoms with E-state index in [0.29, 0.717) is 19.3 Å². The molecule has 0 unspecified atom stereocenters. The van der Waals surface area contributed by atoms with Crippen molar-refractivity contribution in [2.45, 2.75) is 52.5 Å². The first-order valence-corrected chi connectivity index (χ1v) is 7.13. The molecule has 0 saturated carbocycles. The van der Waals surface area contributed by atoms with Crippen LogP contribution in [-0.2, 0) is 14.4 Å². The van der Waals surface area contributed by atoms with Crippen LogP contribution in [0.3, 0.4) is 0 Å². The minimum absolute atomic E-state index is 0. The Bertz CT molecular complexity index is 352. The number of amides is 2. The van der Waals surface area contributed by atoms with Crippen molar-refractivity contribution in [3.8, 4) is 0 Å². The molecule has 0 aromatic rings. The Morgan fingerprint density at radius 3 is 2.05 bits per heavy atom. The van der Waals surface area contributed by atoms with Crippen LogP contribution in [0.2, 0.25) is 0 Å². The number of nitrogens with two attached hydrogens (primary N) is 2. The molecule has 2 amide bonds. The van der Waals surface area contributed by atoms with E-state index in [1.54, 1.807) is 0 Å². The first-order chi connectivity index (χ1) is 9.31. The predicted molar refractivity (Wildman–Crippen MR) is 98.4 cm³/mol. The van der Waals surface area contributed by atoms with Gasteiger partial charge in [-0.05, 0) is 18.8 Å². The summed E-state index contributed by atoms with van der Waals surface area (Å²) in [5.74, 6) is -1.15. The Kier molecular flexibility index (Phi) is 16.5. The van der Waals surface area contributed by atoms with Crippen molar-refractivity contribution in [1.82, 2.24) is 5.32 Å². The molecule has 5 N–H and O–H groups in total. The number of primary amides is 1. The molecule has 0 spiro atoms. The van der Waals surface area contributed by atoms with E-state index in [1.807, 2.05) is 20.8 Å². The molecule has 0 aliphatic rings. The number of Topliss-reactive ketones (excluding diaryl/α,β-unsaturated/α-hetero) is 1. The summed E-state index contributed by atoms with van der Waals surface area (Å²) in [6.07, 6.45) is 1.65. The van der Waals surface area contributed by atoms with Crippen molar-refractivity contribution in [2.24, 2.45) is 23.3 Å². The average molecular weight is 354 g/mol. The van der Waals surface area contributed by atoms with E-state index in [-0.39, 0.29) is 57.6 Å². The van der Waals surface area contributed by atoms with E-state index in [9.17, 15) is 14.4 Å². The fraction of sp³-hybridized carbons (Fsp3) is 0.786. The zero-order chi connectivity index (χ0) is 15.7. The Balaban J connectivity index is -0.00000180. The average Bonchev–Trinajstić information content (AvgIpc) is 2.34. The predicted octanol–water partition coefficient (Wildman–Crippen LogP) is 0.562. The highest BCUT2D eigenvalue weighted by Gasteiger charge is 2.25. The van der Waals surface area contributed by atoms with Gasteiger partial charge in [0.1, 0.15) is 0 Å². The van der Waals surface area contributed by atoms with Crippen LogP contribution in [-0.4, -0.2) is 30.2 Å². The van der Waals surface area contributed by atoms with Gasteiger partial charge in [-0.3, -0.25) is 14.4 Å². The molecule has 0 radical (unpaired) electrons. The fourth-order valence-corrected chi connectivity index (χ4v) is 2.02. The van der Waals surface area contributed by atoms with E-state index < -0.39 is 17.9 Å². The summed E-state index contributed by atoms with van der Waals surface area (Å²) in [7, 11) is 0. The van der Waals surface area contributed by atoms with Crippen LogP contribution < -0.4 is 16.8 Å². The topological polar surface area (TPSA) is 115 Å². The van der Waals surface area contributed by atoms with Crippen molar-refractivity contribution in [1.29, 1.82) is 0 Å². The highest BCUT2D eigenvalue weighted by molar-refractivity contribution is 7.59. The molecule has 0 aromatic heterocycles. The fourth-order valence-electron chi connectivity index (χ4n) is 2.02. The standard InChI is InChI=1S/C14H27N3O3.2H2S/c1-4-5-13(19)17-11(8-15)12(18)7-10(14(16)20)6-9(2)3;;/h9-11H,4-8,15H2,1-3H3,(H2,16,20)(H,17,19);2*1H2/t10-,11+;;/m1../s1. The molecule has 2 atom stereocenters. The molecule has 0 rings (SSSR count). The highest BCUT2D eigenvalue weighted by Crippen LogP contribution is 2.16. The molecule has 0 bridgehead atoms. The Labute approximate surface area is 147 Å². The van der Waals surface area contributed by atoms with Crippen LogP contribution in [0.4, 0.5) is 0 Å². The number of ketones is 1. The van der Waals surface area contributed by atoms with E-state index in [4.69, 9.17) is 11.5 Å². The third kappa shape index (κ3) is 10.9. The van der Waals surface area contributed by atoms with Gasteiger partial charge in [0.15, 0.2) is 5.78 Å². The quantitative estimate of drug-likeness (QED) is 0.532. The molecule has 132 valence electrons. The largest absolute Gasteiger partial charge is 0.369 e. The number of hydrogen-bond donors (Lipinski definition) is 3. The monoisotopic (exact) mass is 353 g/mol. The lowest BCUT2D eigenvalue weighted by atomic mass is 9.90. The SMILES string of the molecule is CCCC(=O)N[C@@H](CN)C(=O)C[C@@H](CC(C)C)C(N)=O.S.S. The van der Waals surface area contributed by atoms with Gasteiger partial charge in [0.25, 0.3) is 0 Å². The van der Waals surface area contributed by atoms with Crippen LogP contribution in [0.1, 0.15) is 46.5 Å². The van der Waals surface area contributed by atoms with Gasteiger partial charge in [-0.2, -0.15) is 27.0 Å². The first-order valence-electron chi connectivity index (χ1n) is 7.13. The second kappa shape index (κ2) is 13.9. The lowest BCUT2D eigenvalue weighted by Crippen LogP contribution is -2.47. The summed E-state index contributed by atoms with van der Waals surface area (Å²) in [5, 5.41) is 2.60. The third-order valence-corrected chi connectivity index (χ3v) is 3.04. The maximum Gasteiger partial charge on any atom is 0.220 e. The molecule has 8 heteroatoms. The summed E-state index contributed by atoms with van der Waals surface area (Å²) < 4.78 is 0. The van der Waals surface area contributed by atoms with Gasteiger partial charge < -0.3 is 16.8 Å². The minimum atomic E-state index is -0.733. The second-order valence-electron chi connectivity index (χ2n) is 5.51. The lowest BCUT2D eigenvalue weighted by molar-refractivity contribution is -0.130. The van der Waals surface area contributed by atoms with Crippen molar-refractivity contribution in [2.75, 3.05) is 6.54 Å². The Morgan fingerprint density at radius 2 is 1.68 bits per heavy atom. The molecule has 0 saturated heterocycles. The van der Waals surface area contributed by atoms with Crippen LogP contribution in [0.25, 0.3) is 0 Å². The van der Waals surface area contributed by atoms with Crippen LogP contribution in [0, 0.1) is 11.8 Å². The molecule has 6 nitrogen and oxygen atoms in total. The lowest BCUT2D eigenvalue weighted by Gasteiger charge is -2.19. The minimum Gasteiger partial charge on any atom is -0.369 e. The number of nitrogens with one attached hydrogen (secondary N) is 1. The summed E-state index contributed by atoms with van der Waals surface area (Å²) >= 11 is 0. The van der Waals surface area contributed by atoms with Crippen molar-refractivity contribution in [3.05, 3.63) is 0 Å². The molecule has 22 heavy (non-hydrogen) atoms. The van der Waals surface area contributed by atoms with Crippen LogP contribution >= 0.6 is 27.0 Å². The Hall–Kier alpha value is -0.730. The van der Waals surface area contributed by atoms with Gasteiger partial charge in [0.2, 0.25) is 11.8 Å². The summed E-state index contributed by atoms with van der Waals surface area (Å²) in [6.45, 7) is 5.83. The van der Waals surface area contributed by atoms with Gasteiger partial charge >= 0.3 is 0 Å². The molecule has 0 aromatic carbocycles. The zero-order valence-corrected chi connectivity index (χ0v) is 15.6. The highest BCUT2D eigenvalue weighted by atomic mass is 32.1. The molecular formula is C14H31N3O3S2. The molecule has 0 aliphatic carbocycles. The normalized spacial score (nSPS) is 12.6. The smallest absolute Gasteiger partial charge is 0.220 e. The number of carbonyl (C=O) groups is 3. The van der Waals surface area contributed by atoms with Gasteiger partial charge in [0.05, 0.1) is 6.04 Å². The van der Waals surface area contributed by atoms with Crippen molar-refractivity contribution < 1.29 is 14.4 Å². The maximum atomic E-state index is 12.1. The van der Waals surface area contributed by atoms with Crippen molar-refractivity contribution >= 4 is 44.6 Å². The van der Waals surface area contributed by atoms with Crippen LogP contribution in [0.15, 0.2) is 0 Å². The van der Waals surface area contributed by atoms with E-state index >= 15 is 0 Å². The number of hydrogen-bond acceptors (Lipinski definition) is 4. The Morgan fingerprint density at radius 1 is 1.14 bits per heavy atom. The number of rotatable bonds is 10. The summed E-state index contributed by atoms with van der Waals surface area (Å²) in [5.41, 5.74) is 10.8. The first kappa shape index (κ1) is 26.2. The molecule has 0 fully saturated rings. The van der Waals surface area contributed by atoms with Gasteiger partial charge in [-0.1, -0.05) is 20.8 Å². The maximum absolute atomic E-state index is 12.1. The molecule has 0 heterocycles. The zero-order valence-electron chi connectivity index (χ0n) is 13.6. The van der Waals surface area contributed by atoms with Gasteiger partial charge in [-0.25, -0.2) is 0 Å². The van der Waals surface area contributed by atoms with Crippen LogP contribution in [0.5, 0.6) is 0 Å². The number of carbonyl (C=O) groups excluding carboxylic acids is 3. The second-order valence-corrected chi connectivity index (χ2v) is 5.51. The van der Waals surface area contributed by atoms with E-state index in [1.165, 1.54) is 0 Å².